The number of amides is 2. The molecule has 1 saturated heterocycles. The molecule has 7 heteroatoms. The van der Waals surface area contributed by atoms with E-state index in [9.17, 15) is 19.5 Å². The summed E-state index contributed by atoms with van der Waals surface area (Å²) in [5.74, 6) is -0.659. The summed E-state index contributed by atoms with van der Waals surface area (Å²) in [6.45, 7) is 3.29. The van der Waals surface area contributed by atoms with Crippen LogP contribution in [0, 0.1) is 0 Å². The fraction of sp³-hybridized carbons (Fsp3) is 0.269. The molecular formula is C26H27N3O4. The van der Waals surface area contributed by atoms with Crippen LogP contribution in [0.1, 0.15) is 27.6 Å². The van der Waals surface area contributed by atoms with Crippen molar-refractivity contribution in [3.05, 3.63) is 77.9 Å². The number of piperazine rings is 1. The predicted octanol–water partition coefficient (Wildman–Crippen LogP) is 2.48. The van der Waals surface area contributed by atoms with Crippen LogP contribution in [0.3, 0.4) is 0 Å². The van der Waals surface area contributed by atoms with Crippen LogP contribution < -0.4 is 10.2 Å². The van der Waals surface area contributed by atoms with Gasteiger partial charge in [-0.05, 0) is 54.1 Å². The maximum absolute atomic E-state index is 13.0. The molecule has 1 fully saturated rings. The van der Waals surface area contributed by atoms with E-state index in [1.807, 2.05) is 42.5 Å². The van der Waals surface area contributed by atoms with Crippen LogP contribution in [-0.4, -0.2) is 66.4 Å². The van der Waals surface area contributed by atoms with Gasteiger partial charge in [-0.3, -0.25) is 14.4 Å². The monoisotopic (exact) mass is 445 g/mol. The van der Waals surface area contributed by atoms with Crippen molar-refractivity contribution in [3.8, 4) is 0 Å². The third-order valence-corrected chi connectivity index (χ3v) is 6.03. The van der Waals surface area contributed by atoms with Gasteiger partial charge in [-0.15, -0.1) is 0 Å². The van der Waals surface area contributed by atoms with Crippen LogP contribution in [0.15, 0.2) is 66.7 Å². The molecule has 0 aromatic heterocycles. The van der Waals surface area contributed by atoms with Gasteiger partial charge in [0.05, 0.1) is 6.61 Å². The van der Waals surface area contributed by atoms with E-state index in [0.29, 0.717) is 37.3 Å². The SMILES string of the molecule is CC(=O)c1ccc(N2CCN(C(=O)[C@H](CO)NC(=O)c3ccc4ccccc4c3)CC2)cc1. The van der Waals surface area contributed by atoms with E-state index in [1.54, 1.807) is 29.2 Å². The van der Waals surface area contributed by atoms with E-state index in [2.05, 4.69) is 10.2 Å². The highest BCUT2D eigenvalue weighted by Crippen LogP contribution is 2.19. The maximum Gasteiger partial charge on any atom is 0.252 e. The molecule has 2 N–H and O–H groups in total. The van der Waals surface area contributed by atoms with Crippen molar-refractivity contribution in [3.63, 3.8) is 0 Å². The van der Waals surface area contributed by atoms with Crippen LogP contribution in [0.4, 0.5) is 5.69 Å². The summed E-state index contributed by atoms with van der Waals surface area (Å²) >= 11 is 0. The number of hydrogen-bond donors (Lipinski definition) is 2. The number of rotatable bonds is 6. The smallest absolute Gasteiger partial charge is 0.252 e. The lowest BCUT2D eigenvalue weighted by Gasteiger charge is -2.37. The first-order valence-electron chi connectivity index (χ1n) is 11.0. The molecule has 0 radical (unpaired) electrons. The Kier molecular flexibility index (Phi) is 6.70. The predicted molar refractivity (Wildman–Crippen MR) is 128 cm³/mol. The van der Waals surface area contributed by atoms with Crippen molar-refractivity contribution in [2.75, 3.05) is 37.7 Å². The summed E-state index contributed by atoms with van der Waals surface area (Å²) < 4.78 is 0. The van der Waals surface area contributed by atoms with Crippen molar-refractivity contribution in [2.45, 2.75) is 13.0 Å². The second kappa shape index (κ2) is 9.83. The normalized spacial score (nSPS) is 14.7. The van der Waals surface area contributed by atoms with E-state index >= 15 is 0 Å². The van der Waals surface area contributed by atoms with E-state index < -0.39 is 18.6 Å². The highest BCUT2D eigenvalue weighted by molar-refractivity contribution is 6.00. The number of Topliss-reactive ketones (excluding diaryl/α,β-unsaturated/α-hetero) is 1. The lowest BCUT2D eigenvalue weighted by Crippen LogP contribution is -2.56. The number of fused-ring (bicyclic) bond motifs is 1. The number of aliphatic hydroxyl groups excluding tert-OH is 1. The molecule has 7 nitrogen and oxygen atoms in total. The third kappa shape index (κ3) is 5.04. The number of nitrogens with one attached hydrogen (secondary N) is 1. The highest BCUT2D eigenvalue weighted by atomic mass is 16.3. The summed E-state index contributed by atoms with van der Waals surface area (Å²) in [6.07, 6.45) is 0. The molecule has 1 aliphatic heterocycles. The standard InChI is InChI=1S/C26H27N3O4/c1-18(31)19-8-10-23(11-9-19)28-12-14-29(15-13-28)26(33)24(17-30)27-25(32)22-7-6-20-4-2-3-5-21(20)16-22/h2-11,16,24,30H,12-15,17H2,1H3,(H,27,32)/t24-/m0/s1. The van der Waals surface area contributed by atoms with Crippen molar-refractivity contribution >= 4 is 34.1 Å². The molecule has 170 valence electrons. The van der Waals surface area contributed by atoms with Gasteiger partial charge in [0, 0.05) is 43.0 Å². The lowest BCUT2D eigenvalue weighted by atomic mass is 10.1. The Bertz CT molecular complexity index is 1170. The van der Waals surface area contributed by atoms with E-state index in [4.69, 9.17) is 0 Å². The minimum Gasteiger partial charge on any atom is -0.394 e. The summed E-state index contributed by atoms with van der Waals surface area (Å²) in [4.78, 5) is 41.0. The first-order valence-corrected chi connectivity index (χ1v) is 11.0. The Morgan fingerprint density at radius 3 is 2.15 bits per heavy atom. The number of anilines is 1. The Morgan fingerprint density at radius 1 is 0.879 bits per heavy atom. The van der Waals surface area contributed by atoms with E-state index in [0.717, 1.165) is 16.5 Å². The van der Waals surface area contributed by atoms with Crippen LogP contribution in [0.2, 0.25) is 0 Å². The maximum atomic E-state index is 13.0. The quantitative estimate of drug-likeness (QED) is 0.569. The molecule has 1 atom stereocenters. The molecule has 3 aromatic carbocycles. The molecule has 2 amide bonds. The first-order chi connectivity index (χ1) is 16.0. The Morgan fingerprint density at radius 2 is 1.52 bits per heavy atom. The van der Waals surface area contributed by atoms with E-state index in [-0.39, 0.29) is 11.7 Å². The molecular weight excluding hydrogens is 418 g/mol. The summed E-state index contributed by atoms with van der Waals surface area (Å²) in [5, 5.41) is 14.4. The molecule has 1 aliphatic rings. The number of benzene rings is 3. The number of ketones is 1. The zero-order chi connectivity index (χ0) is 23.4. The molecule has 0 spiro atoms. The first kappa shape index (κ1) is 22.5. The topological polar surface area (TPSA) is 90.0 Å². The Labute approximate surface area is 192 Å². The van der Waals surface area contributed by atoms with Gasteiger partial charge in [0.25, 0.3) is 5.91 Å². The molecule has 33 heavy (non-hydrogen) atoms. The average molecular weight is 446 g/mol. The number of nitrogens with zero attached hydrogens (tertiary/aromatic N) is 2. The van der Waals surface area contributed by atoms with Gasteiger partial charge in [0.15, 0.2) is 5.78 Å². The van der Waals surface area contributed by atoms with Crippen molar-refractivity contribution in [1.29, 1.82) is 0 Å². The third-order valence-electron chi connectivity index (χ3n) is 6.03. The van der Waals surface area contributed by atoms with E-state index in [1.165, 1.54) is 6.92 Å². The molecule has 3 aromatic rings. The fourth-order valence-electron chi connectivity index (χ4n) is 4.07. The molecule has 0 unspecified atom stereocenters. The van der Waals surface area contributed by atoms with Crippen LogP contribution in [0.25, 0.3) is 10.8 Å². The van der Waals surface area contributed by atoms with Crippen molar-refractivity contribution < 1.29 is 19.5 Å². The Balaban J connectivity index is 1.36. The minimum atomic E-state index is -0.995. The summed E-state index contributed by atoms with van der Waals surface area (Å²) in [6, 6.07) is 19.5. The van der Waals surface area contributed by atoms with Crippen LogP contribution in [0.5, 0.6) is 0 Å². The number of carbonyl (C=O) groups excluding carboxylic acids is 3. The molecule has 4 rings (SSSR count). The molecule has 1 heterocycles. The van der Waals surface area contributed by atoms with Crippen LogP contribution >= 0.6 is 0 Å². The highest BCUT2D eigenvalue weighted by Gasteiger charge is 2.28. The molecule has 0 saturated carbocycles. The van der Waals surface area contributed by atoms with Crippen LogP contribution in [-0.2, 0) is 4.79 Å². The van der Waals surface area contributed by atoms with Crippen molar-refractivity contribution in [2.24, 2.45) is 0 Å². The van der Waals surface area contributed by atoms with Crippen molar-refractivity contribution in [1.82, 2.24) is 10.2 Å². The van der Waals surface area contributed by atoms with Gasteiger partial charge in [-0.2, -0.15) is 0 Å². The number of carbonyl (C=O) groups is 3. The average Bonchev–Trinajstić information content (AvgIpc) is 2.86. The lowest BCUT2D eigenvalue weighted by molar-refractivity contribution is -0.134. The van der Waals surface area contributed by atoms with Gasteiger partial charge in [-0.25, -0.2) is 0 Å². The van der Waals surface area contributed by atoms with Gasteiger partial charge < -0.3 is 20.2 Å². The number of hydrogen-bond acceptors (Lipinski definition) is 5. The second-order valence-corrected chi connectivity index (χ2v) is 8.19. The van der Waals surface area contributed by atoms with Gasteiger partial charge in [0.1, 0.15) is 6.04 Å². The summed E-state index contributed by atoms with van der Waals surface area (Å²) in [7, 11) is 0. The van der Waals surface area contributed by atoms with Gasteiger partial charge in [0.2, 0.25) is 5.91 Å². The zero-order valence-corrected chi connectivity index (χ0v) is 18.5. The zero-order valence-electron chi connectivity index (χ0n) is 18.5. The van der Waals surface area contributed by atoms with Gasteiger partial charge in [-0.1, -0.05) is 30.3 Å². The fourth-order valence-corrected chi connectivity index (χ4v) is 4.07. The Hall–Kier alpha value is -3.71. The largest absolute Gasteiger partial charge is 0.394 e. The number of aliphatic hydroxyl groups is 1. The minimum absolute atomic E-state index is 0.0257. The second-order valence-electron chi connectivity index (χ2n) is 8.19. The molecule has 0 aliphatic carbocycles. The summed E-state index contributed by atoms with van der Waals surface area (Å²) in [5.41, 5.74) is 2.11. The molecule has 0 bridgehead atoms. The van der Waals surface area contributed by atoms with Gasteiger partial charge >= 0.3 is 0 Å².